The van der Waals surface area contributed by atoms with Gasteiger partial charge in [-0.25, -0.2) is 0 Å². The highest BCUT2D eigenvalue weighted by atomic mass is 16.2. The fourth-order valence-electron chi connectivity index (χ4n) is 2.40. The second kappa shape index (κ2) is 6.43. The molecule has 0 saturated carbocycles. The van der Waals surface area contributed by atoms with Gasteiger partial charge >= 0.3 is 0 Å². The third-order valence-corrected chi connectivity index (χ3v) is 3.59. The number of aromatic amines is 1. The number of H-pyrrole nitrogens is 1. The molecule has 1 aromatic carbocycles. The second-order valence-electron chi connectivity index (χ2n) is 5.55. The van der Waals surface area contributed by atoms with E-state index in [0.717, 1.165) is 16.5 Å². The summed E-state index contributed by atoms with van der Waals surface area (Å²) >= 11 is 0. The Morgan fingerprint density at radius 2 is 2.00 bits per heavy atom. The van der Waals surface area contributed by atoms with Crippen molar-refractivity contribution in [3.8, 4) is 0 Å². The number of nitrogens with one attached hydrogen (secondary N) is 2. The molecule has 1 heterocycles. The number of rotatable bonds is 6. The molecule has 21 heavy (non-hydrogen) atoms. The fourth-order valence-corrected chi connectivity index (χ4v) is 2.40. The number of fused-ring (bicyclic) bond motifs is 1. The first kappa shape index (κ1) is 15.1. The molecule has 0 aliphatic rings. The second-order valence-corrected chi connectivity index (χ2v) is 5.55. The predicted molar refractivity (Wildman–Crippen MR) is 82.6 cm³/mol. The number of amides is 2. The van der Waals surface area contributed by atoms with Crippen molar-refractivity contribution < 1.29 is 9.59 Å². The number of carbonyl (C=O) groups excluding carboxylic acids is 2. The number of primary amides is 1. The maximum absolute atomic E-state index is 12.0. The third-order valence-electron chi connectivity index (χ3n) is 3.59. The van der Waals surface area contributed by atoms with E-state index in [1.807, 2.05) is 44.3 Å². The van der Waals surface area contributed by atoms with E-state index >= 15 is 0 Å². The van der Waals surface area contributed by atoms with Crippen LogP contribution in [0.1, 0.15) is 25.8 Å². The van der Waals surface area contributed by atoms with Crippen molar-refractivity contribution in [2.24, 2.45) is 11.7 Å². The van der Waals surface area contributed by atoms with Crippen molar-refractivity contribution in [2.75, 3.05) is 0 Å². The van der Waals surface area contributed by atoms with Crippen molar-refractivity contribution in [2.45, 2.75) is 32.7 Å². The van der Waals surface area contributed by atoms with Crippen LogP contribution < -0.4 is 11.1 Å². The van der Waals surface area contributed by atoms with Crippen molar-refractivity contribution in [1.82, 2.24) is 10.3 Å². The first-order valence-electron chi connectivity index (χ1n) is 7.12. The van der Waals surface area contributed by atoms with Crippen LogP contribution in [0, 0.1) is 5.92 Å². The lowest BCUT2D eigenvalue weighted by molar-refractivity contribution is -0.128. The molecule has 2 aromatic rings. The summed E-state index contributed by atoms with van der Waals surface area (Å²) in [6.07, 6.45) is 2.88. The first-order valence-corrected chi connectivity index (χ1v) is 7.12. The van der Waals surface area contributed by atoms with Gasteiger partial charge in [0, 0.05) is 23.5 Å². The molecule has 0 saturated heterocycles. The Balaban J connectivity index is 1.96. The summed E-state index contributed by atoms with van der Waals surface area (Å²) in [4.78, 5) is 26.4. The van der Waals surface area contributed by atoms with Crippen LogP contribution >= 0.6 is 0 Å². The number of hydrogen-bond acceptors (Lipinski definition) is 2. The topological polar surface area (TPSA) is 88.0 Å². The van der Waals surface area contributed by atoms with Gasteiger partial charge in [-0.3, -0.25) is 9.59 Å². The van der Waals surface area contributed by atoms with Gasteiger partial charge in [-0.05, 0) is 24.0 Å². The third kappa shape index (κ3) is 3.62. The van der Waals surface area contributed by atoms with Crippen molar-refractivity contribution in [3.05, 3.63) is 36.0 Å². The van der Waals surface area contributed by atoms with Gasteiger partial charge in [-0.1, -0.05) is 32.0 Å². The minimum Gasteiger partial charge on any atom is -0.368 e. The van der Waals surface area contributed by atoms with Gasteiger partial charge in [-0.15, -0.1) is 0 Å². The molecular formula is C16H21N3O2. The van der Waals surface area contributed by atoms with E-state index in [2.05, 4.69) is 10.3 Å². The lowest BCUT2D eigenvalue weighted by Gasteiger charge is -2.18. The van der Waals surface area contributed by atoms with Gasteiger partial charge in [0.1, 0.15) is 6.04 Å². The predicted octanol–water partition coefficient (Wildman–Crippen LogP) is 1.73. The molecule has 2 rings (SSSR count). The molecule has 0 aliphatic heterocycles. The molecule has 2 amide bonds. The van der Waals surface area contributed by atoms with Gasteiger partial charge in [0.2, 0.25) is 11.8 Å². The molecule has 1 aromatic heterocycles. The lowest BCUT2D eigenvalue weighted by atomic mass is 10.0. The molecule has 5 heteroatoms. The van der Waals surface area contributed by atoms with Crippen LogP contribution in [0.4, 0.5) is 0 Å². The van der Waals surface area contributed by atoms with E-state index in [4.69, 9.17) is 5.73 Å². The quantitative estimate of drug-likeness (QED) is 0.755. The van der Waals surface area contributed by atoms with Gasteiger partial charge in [0.15, 0.2) is 0 Å². The Labute approximate surface area is 123 Å². The van der Waals surface area contributed by atoms with E-state index in [1.165, 1.54) is 0 Å². The average molecular weight is 287 g/mol. The minimum atomic E-state index is -0.611. The summed E-state index contributed by atoms with van der Waals surface area (Å²) in [5, 5.41) is 3.83. The summed E-state index contributed by atoms with van der Waals surface area (Å²) in [6, 6.07) is 7.36. The van der Waals surface area contributed by atoms with Gasteiger partial charge < -0.3 is 16.0 Å². The highest BCUT2D eigenvalue weighted by Crippen LogP contribution is 2.18. The summed E-state index contributed by atoms with van der Waals surface area (Å²) in [6.45, 7) is 3.71. The highest BCUT2D eigenvalue weighted by molar-refractivity contribution is 5.87. The Morgan fingerprint density at radius 1 is 1.29 bits per heavy atom. The number of nitrogens with two attached hydrogens (primary N) is 1. The van der Waals surface area contributed by atoms with Crippen molar-refractivity contribution in [3.63, 3.8) is 0 Å². The number of aryl methyl sites for hydroxylation is 1. The number of hydrogen-bond donors (Lipinski definition) is 3. The van der Waals surface area contributed by atoms with E-state index in [0.29, 0.717) is 12.8 Å². The van der Waals surface area contributed by atoms with Gasteiger partial charge in [0.25, 0.3) is 0 Å². The zero-order valence-electron chi connectivity index (χ0n) is 12.3. The molecule has 0 fully saturated rings. The van der Waals surface area contributed by atoms with Crippen LogP contribution in [0.5, 0.6) is 0 Å². The van der Waals surface area contributed by atoms with Crippen molar-refractivity contribution in [1.29, 1.82) is 0 Å². The molecule has 0 bridgehead atoms. The van der Waals surface area contributed by atoms with E-state index in [-0.39, 0.29) is 11.8 Å². The summed E-state index contributed by atoms with van der Waals surface area (Å²) < 4.78 is 0. The Kier molecular flexibility index (Phi) is 4.62. The van der Waals surface area contributed by atoms with E-state index in [1.54, 1.807) is 0 Å². The standard InChI is InChI=1S/C16H21N3O2/c1-10(2)15(16(17)21)19-14(20)8-7-11-9-18-13-6-4-3-5-12(11)13/h3-6,9-10,15,18H,7-8H2,1-2H3,(H2,17,21)(H,19,20)/t15-/m1/s1. The van der Waals surface area contributed by atoms with Crippen LogP contribution in [0.3, 0.4) is 0 Å². The number of benzene rings is 1. The molecule has 5 nitrogen and oxygen atoms in total. The average Bonchev–Trinajstić information content (AvgIpc) is 2.85. The molecule has 0 radical (unpaired) electrons. The highest BCUT2D eigenvalue weighted by Gasteiger charge is 2.21. The minimum absolute atomic E-state index is 0.0143. The lowest BCUT2D eigenvalue weighted by Crippen LogP contribution is -2.47. The van der Waals surface area contributed by atoms with Crippen LogP contribution in [-0.4, -0.2) is 22.8 Å². The fraction of sp³-hybridized carbons (Fsp3) is 0.375. The molecule has 0 aliphatic carbocycles. The monoisotopic (exact) mass is 287 g/mol. The van der Waals surface area contributed by atoms with E-state index in [9.17, 15) is 9.59 Å². The number of para-hydroxylation sites is 1. The van der Waals surface area contributed by atoms with E-state index < -0.39 is 11.9 Å². The molecule has 112 valence electrons. The largest absolute Gasteiger partial charge is 0.368 e. The SMILES string of the molecule is CC(C)[C@@H](NC(=O)CCc1c[nH]c2ccccc12)C(N)=O. The normalized spacial score (nSPS) is 12.5. The summed E-state index contributed by atoms with van der Waals surface area (Å²) in [5.41, 5.74) is 7.45. The van der Waals surface area contributed by atoms with Crippen molar-refractivity contribution >= 4 is 22.7 Å². The van der Waals surface area contributed by atoms with Crippen LogP contribution in [-0.2, 0) is 16.0 Å². The first-order chi connectivity index (χ1) is 9.99. The zero-order chi connectivity index (χ0) is 15.4. The Morgan fingerprint density at radius 3 is 2.67 bits per heavy atom. The summed E-state index contributed by atoms with van der Waals surface area (Å²) in [7, 11) is 0. The molecule has 0 unspecified atom stereocenters. The van der Waals surface area contributed by atoms with Gasteiger partial charge in [-0.2, -0.15) is 0 Å². The summed E-state index contributed by atoms with van der Waals surface area (Å²) in [5.74, 6) is -0.664. The molecule has 0 spiro atoms. The van der Waals surface area contributed by atoms with Gasteiger partial charge in [0.05, 0.1) is 0 Å². The van der Waals surface area contributed by atoms with Crippen LogP contribution in [0.2, 0.25) is 0 Å². The van der Waals surface area contributed by atoms with Crippen LogP contribution in [0.15, 0.2) is 30.5 Å². The number of aromatic nitrogens is 1. The molecular weight excluding hydrogens is 266 g/mol. The maximum Gasteiger partial charge on any atom is 0.240 e. The Bertz CT molecular complexity index is 646. The van der Waals surface area contributed by atoms with Crippen LogP contribution in [0.25, 0.3) is 10.9 Å². The molecule has 4 N–H and O–H groups in total. The Hall–Kier alpha value is -2.30. The number of carbonyl (C=O) groups is 2. The smallest absolute Gasteiger partial charge is 0.240 e. The maximum atomic E-state index is 12.0. The zero-order valence-corrected chi connectivity index (χ0v) is 12.3. The molecule has 1 atom stereocenters.